The number of fused-ring (bicyclic) bond motifs is 14. The fourth-order valence-corrected chi connectivity index (χ4v) is 8.87. The van der Waals surface area contributed by atoms with E-state index in [4.69, 9.17) is 4.74 Å². The van der Waals surface area contributed by atoms with Crippen LogP contribution < -0.4 is 4.74 Å². The second-order valence-corrected chi connectivity index (χ2v) is 12.8. The molecule has 1 spiro atoms. The average molecular weight is 583 g/mol. The van der Waals surface area contributed by atoms with E-state index in [1.807, 2.05) is 0 Å². The quantitative estimate of drug-likeness (QED) is 0.187. The molecule has 3 aliphatic rings. The van der Waals surface area contributed by atoms with Crippen LogP contribution in [0.5, 0.6) is 11.5 Å². The summed E-state index contributed by atoms with van der Waals surface area (Å²) in [6.07, 6.45) is 0. The van der Waals surface area contributed by atoms with Crippen molar-refractivity contribution in [1.82, 2.24) is 0 Å². The van der Waals surface area contributed by atoms with Crippen LogP contribution in [0.1, 0.15) is 22.3 Å². The van der Waals surface area contributed by atoms with Crippen molar-refractivity contribution in [2.45, 2.75) is 5.41 Å². The van der Waals surface area contributed by atoms with Crippen molar-refractivity contribution in [1.29, 1.82) is 0 Å². The van der Waals surface area contributed by atoms with Gasteiger partial charge in [0.25, 0.3) is 0 Å². The zero-order valence-electron chi connectivity index (χ0n) is 24.9. The molecule has 0 fully saturated rings. The molecule has 1 unspecified atom stereocenters. The van der Waals surface area contributed by atoms with Crippen LogP contribution in [0, 0.1) is 0 Å². The van der Waals surface area contributed by atoms with Gasteiger partial charge in [-0.05, 0) is 90.0 Å². The monoisotopic (exact) mass is 582 g/mol. The second-order valence-electron chi connectivity index (χ2n) is 12.8. The first-order valence-electron chi connectivity index (χ1n) is 16.0. The van der Waals surface area contributed by atoms with Gasteiger partial charge in [-0.25, -0.2) is 0 Å². The molecule has 0 bridgehead atoms. The molecule has 11 rings (SSSR count). The van der Waals surface area contributed by atoms with E-state index < -0.39 is 0 Å². The molecule has 1 aliphatic heterocycles. The standard InChI is InChI=1S/C45H26O/c1-2-12-30-27(10-1)21-25-40-43(30)35-15-4-7-18-38(35)45(40)37-17-6-3-13-32(37)36-26-29(22-24-39(36)45)31-23-20-28-11-9-16-34-33-14-5-8-19-41(33)46-44(31)42(28)34/h1-26H. The highest BCUT2D eigenvalue weighted by molar-refractivity contribution is 6.09. The lowest BCUT2D eigenvalue weighted by Crippen LogP contribution is -2.25. The summed E-state index contributed by atoms with van der Waals surface area (Å²) in [4.78, 5) is 0. The van der Waals surface area contributed by atoms with Gasteiger partial charge in [0.1, 0.15) is 11.5 Å². The fraction of sp³-hybridized carbons (Fsp3) is 0.0222. The molecule has 0 N–H and O–H groups in total. The molecule has 1 heteroatoms. The van der Waals surface area contributed by atoms with Gasteiger partial charge in [-0.3, -0.25) is 0 Å². The lowest BCUT2D eigenvalue weighted by molar-refractivity contribution is 0.489. The van der Waals surface area contributed by atoms with Crippen LogP contribution in [0.4, 0.5) is 0 Å². The maximum atomic E-state index is 6.75. The Morgan fingerprint density at radius 2 is 1.04 bits per heavy atom. The number of benzene rings is 8. The van der Waals surface area contributed by atoms with E-state index in [1.165, 1.54) is 77.2 Å². The van der Waals surface area contributed by atoms with Gasteiger partial charge in [-0.1, -0.05) is 140 Å². The van der Waals surface area contributed by atoms with Crippen LogP contribution in [0.2, 0.25) is 0 Å². The van der Waals surface area contributed by atoms with Crippen molar-refractivity contribution in [2.24, 2.45) is 0 Å². The maximum Gasteiger partial charge on any atom is 0.143 e. The van der Waals surface area contributed by atoms with E-state index in [9.17, 15) is 0 Å². The van der Waals surface area contributed by atoms with Gasteiger partial charge in [0.05, 0.1) is 5.41 Å². The normalized spacial score (nSPS) is 16.1. The third-order valence-electron chi connectivity index (χ3n) is 10.7. The summed E-state index contributed by atoms with van der Waals surface area (Å²) in [6.45, 7) is 0. The first kappa shape index (κ1) is 24.4. The molecule has 0 radical (unpaired) electrons. The highest BCUT2D eigenvalue weighted by Gasteiger charge is 2.52. The molecule has 8 aromatic carbocycles. The molecule has 2 aliphatic carbocycles. The van der Waals surface area contributed by atoms with Crippen LogP contribution in [-0.2, 0) is 5.41 Å². The SMILES string of the molecule is c1ccc2c(c1)Oc1c(-c3ccc4c(c3)-c3ccccc3C43c4ccccc4-c4c3ccc3ccccc43)ccc3cccc-2c13. The van der Waals surface area contributed by atoms with Crippen molar-refractivity contribution in [2.75, 3.05) is 0 Å². The Morgan fingerprint density at radius 1 is 0.391 bits per heavy atom. The Kier molecular flexibility index (Phi) is 4.57. The zero-order valence-corrected chi connectivity index (χ0v) is 24.9. The third kappa shape index (κ3) is 2.87. The first-order chi connectivity index (χ1) is 22.8. The summed E-state index contributed by atoms with van der Waals surface area (Å²) in [5, 5.41) is 4.97. The molecule has 0 saturated heterocycles. The largest absolute Gasteiger partial charge is 0.455 e. The summed E-state index contributed by atoms with van der Waals surface area (Å²) in [5.74, 6) is 1.85. The number of ether oxygens (including phenoxy) is 1. The Bertz CT molecular complexity index is 2630. The summed E-state index contributed by atoms with van der Waals surface area (Å²) >= 11 is 0. The summed E-state index contributed by atoms with van der Waals surface area (Å²) in [6, 6.07) is 58.2. The number of rotatable bonds is 1. The minimum absolute atomic E-state index is 0.374. The van der Waals surface area contributed by atoms with Crippen LogP contribution in [0.3, 0.4) is 0 Å². The molecule has 1 atom stereocenters. The number of hydrogen-bond donors (Lipinski definition) is 0. The molecule has 0 amide bonds. The molecule has 0 aromatic heterocycles. The second kappa shape index (κ2) is 8.62. The summed E-state index contributed by atoms with van der Waals surface area (Å²) in [7, 11) is 0. The highest BCUT2D eigenvalue weighted by Crippen LogP contribution is 2.64. The van der Waals surface area contributed by atoms with Crippen LogP contribution in [-0.4, -0.2) is 0 Å². The van der Waals surface area contributed by atoms with E-state index in [1.54, 1.807) is 0 Å². The van der Waals surface area contributed by atoms with Gasteiger partial charge in [-0.15, -0.1) is 0 Å². The smallest absolute Gasteiger partial charge is 0.143 e. The van der Waals surface area contributed by atoms with Crippen molar-refractivity contribution in [3.05, 3.63) is 180 Å². The topological polar surface area (TPSA) is 9.23 Å². The van der Waals surface area contributed by atoms with Gasteiger partial charge in [-0.2, -0.15) is 0 Å². The Morgan fingerprint density at radius 3 is 1.96 bits per heavy atom. The van der Waals surface area contributed by atoms with Gasteiger partial charge in [0.15, 0.2) is 0 Å². The molecule has 1 heterocycles. The lowest BCUT2D eigenvalue weighted by Gasteiger charge is -2.30. The minimum Gasteiger partial charge on any atom is -0.455 e. The molecule has 46 heavy (non-hydrogen) atoms. The molecular formula is C45H26O. The van der Waals surface area contributed by atoms with E-state index in [0.29, 0.717) is 0 Å². The van der Waals surface area contributed by atoms with E-state index in [2.05, 4.69) is 158 Å². The number of para-hydroxylation sites is 1. The first-order valence-corrected chi connectivity index (χ1v) is 16.0. The van der Waals surface area contributed by atoms with Crippen LogP contribution in [0.15, 0.2) is 158 Å². The van der Waals surface area contributed by atoms with Crippen LogP contribution in [0.25, 0.3) is 66.1 Å². The predicted molar refractivity (Wildman–Crippen MR) is 189 cm³/mol. The Balaban J connectivity index is 1.20. The van der Waals surface area contributed by atoms with Gasteiger partial charge >= 0.3 is 0 Å². The molecular weight excluding hydrogens is 556 g/mol. The highest BCUT2D eigenvalue weighted by atomic mass is 16.5. The van der Waals surface area contributed by atoms with E-state index in [-0.39, 0.29) is 5.41 Å². The number of hydrogen-bond acceptors (Lipinski definition) is 1. The maximum absolute atomic E-state index is 6.75. The van der Waals surface area contributed by atoms with Crippen molar-refractivity contribution < 1.29 is 4.74 Å². The fourth-order valence-electron chi connectivity index (χ4n) is 8.87. The van der Waals surface area contributed by atoms with Gasteiger partial charge in [0, 0.05) is 16.5 Å². The predicted octanol–water partition coefficient (Wildman–Crippen LogP) is 11.8. The van der Waals surface area contributed by atoms with E-state index in [0.717, 1.165) is 22.6 Å². The van der Waals surface area contributed by atoms with Crippen LogP contribution >= 0.6 is 0 Å². The zero-order chi connectivity index (χ0) is 30.0. The van der Waals surface area contributed by atoms with Crippen molar-refractivity contribution >= 4 is 21.5 Å². The average Bonchev–Trinajstić information content (AvgIpc) is 3.59. The van der Waals surface area contributed by atoms with Gasteiger partial charge < -0.3 is 4.74 Å². The lowest BCUT2D eigenvalue weighted by atomic mass is 9.70. The molecule has 212 valence electrons. The molecule has 8 aromatic rings. The van der Waals surface area contributed by atoms with Crippen molar-refractivity contribution in [3.8, 4) is 56.0 Å². The van der Waals surface area contributed by atoms with Crippen molar-refractivity contribution in [3.63, 3.8) is 0 Å². The Labute approximate surface area is 267 Å². The third-order valence-corrected chi connectivity index (χ3v) is 10.7. The molecule has 1 nitrogen and oxygen atoms in total. The summed E-state index contributed by atoms with van der Waals surface area (Å²) < 4.78 is 6.75. The van der Waals surface area contributed by atoms with Gasteiger partial charge in [0.2, 0.25) is 0 Å². The Hall–Kier alpha value is -5.92. The van der Waals surface area contributed by atoms with E-state index >= 15 is 0 Å². The molecule has 0 saturated carbocycles. The minimum atomic E-state index is -0.374. The summed E-state index contributed by atoms with van der Waals surface area (Å²) in [5.41, 5.74) is 15.0.